The molecule has 1 amide bonds. The van der Waals surface area contributed by atoms with Crippen molar-refractivity contribution in [2.45, 2.75) is 31.7 Å². The molecule has 2 aliphatic rings. The number of aromatic nitrogens is 4. The van der Waals surface area contributed by atoms with Crippen molar-refractivity contribution in [1.29, 1.82) is 0 Å². The molecule has 0 aromatic carbocycles. The number of anilines is 1. The maximum Gasteiger partial charge on any atom is 0.225 e. The first-order valence-corrected chi connectivity index (χ1v) is 8.93. The normalized spacial score (nSPS) is 21.0. The van der Waals surface area contributed by atoms with Crippen LogP contribution in [0.15, 0.2) is 24.5 Å². The van der Waals surface area contributed by atoms with Crippen LogP contribution in [-0.4, -0.2) is 45.2 Å². The van der Waals surface area contributed by atoms with Gasteiger partial charge < -0.3 is 15.2 Å². The van der Waals surface area contributed by atoms with E-state index in [9.17, 15) is 4.79 Å². The van der Waals surface area contributed by atoms with Crippen LogP contribution in [0.25, 0.3) is 21.9 Å². The highest BCUT2D eigenvalue weighted by molar-refractivity contribution is 6.08. The zero-order valence-corrected chi connectivity index (χ0v) is 13.9. The van der Waals surface area contributed by atoms with Gasteiger partial charge in [-0.25, -0.2) is 4.98 Å². The minimum Gasteiger partial charge on any atom is -0.357 e. The first-order chi connectivity index (χ1) is 12.3. The molecule has 1 aliphatic heterocycles. The van der Waals surface area contributed by atoms with E-state index in [0.29, 0.717) is 11.7 Å². The third-order valence-electron chi connectivity index (χ3n) is 5.19. The van der Waals surface area contributed by atoms with Gasteiger partial charge in [0.05, 0.1) is 16.8 Å². The van der Waals surface area contributed by atoms with Crippen LogP contribution < -0.4 is 10.2 Å². The number of piperidine rings is 1. The largest absolute Gasteiger partial charge is 0.357 e. The minimum absolute atomic E-state index is 0.0427. The zero-order valence-electron chi connectivity index (χ0n) is 13.9. The molecule has 0 spiro atoms. The monoisotopic (exact) mass is 336 g/mol. The standard InChI is InChI=1S/C18H20N6O/c25-18(21-12-3-4-12)11-2-1-9-24(10-11)17-15-13-5-7-19-16(13)23-22-14(15)6-8-20-17/h5-8,11-12,20H,1-4,9-10H2,(H,21,25). The van der Waals surface area contributed by atoms with E-state index < -0.39 is 0 Å². The highest BCUT2D eigenvalue weighted by Gasteiger charge is 2.31. The Bertz CT molecular complexity index is 947. The molecule has 2 fully saturated rings. The van der Waals surface area contributed by atoms with Crippen LogP contribution in [0, 0.1) is 5.92 Å². The van der Waals surface area contributed by atoms with Gasteiger partial charge in [-0.3, -0.25) is 4.79 Å². The highest BCUT2D eigenvalue weighted by atomic mass is 16.2. The number of nitrogens with one attached hydrogen (secondary N) is 2. The molecule has 0 radical (unpaired) electrons. The van der Waals surface area contributed by atoms with Gasteiger partial charge in [-0.15, -0.1) is 10.2 Å². The number of hydrogen-bond acceptors (Lipinski definition) is 5. The first-order valence-electron chi connectivity index (χ1n) is 8.93. The average molecular weight is 336 g/mol. The Morgan fingerprint density at radius 2 is 2.16 bits per heavy atom. The van der Waals surface area contributed by atoms with Crippen LogP contribution in [0.1, 0.15) is 25.7 Å². The quantitative estimate of drug-likeness (QED) is 0.764. The summed E-state index contributed by atoms with van der Waals surface area (Å²) in [6.07, 6.45) is 7.86. The second-order valence-electron chi connectivity index (χ2n) is 7.04. The fourth-order valence-electron chi connectivity index (χ4n) is 3.72. The number of hydrogen-bond donors (Lipinski definition) is 2. The van der Waals surface area contributed by atoms with Crippen LogP contribution >= 0.6 is 0 Å². The molecule has 1 atom stereocenters. The molecule has 7 heteroatoms. The lowest BCUT2D eigenvalue weighted by atomic mass is 9.96. The maximum atomic E-state index is 12.5. The smallest absolute Gasteiger partial charge is 0.225 e. The van der Waals surface area contributed by atoms with E-state index in [-0.39, 0.29) is 11.8 Å². The molecule has 2 N–H and O–H groups in total. The highest BCUT2D eigenvalue weighted by Crippen LogP contribution is 2.32. The maximum absolute atomic E-state index is 12.5. The Kier molecular flexibility index (Phi) is 3.33. The summed E-state index contributed by atoms with van der Waals surface area (Å²) in [5.41, 5.74) is 1.51. The molecule has 1 saturated carbocycles. The third kappa shape index (κ3) is 2.59. The van der Waals surface area contributed by atoms with Gasteiger partial charge in [0.25, 0.3) is 0 Å². The number of fused-ring (bicyclic) bond motifs is 3. The lowest BCUT2D eigenvalue weighted by Gasteiger charge is -2.34. The van der Waals surface area contributed by atoms with Crippen LogP contribution in [0.4, 0.5) is 5.82 Å². The van der Waals surface area contributed by atoms with Crippen molar-refractivity contribution in [2.24, 2.45) is 5.92 Å². The van der Waals surface area contributed by atoms with Crippen LogP contribution in [0.5, 0.6) is 0 Å². The summed E-state index contributed by atoms with van der Waals surface area (Å²) < 4.78 is 0. The average Bonchev–Trinajstić information content (AvgIpc) is 3.33. The zero-order chi connectivity index (χ0) is 16.8. The van der Waals surface area contributed by atoms with Gasteiger partial charge in [0.1, 0.15) is 5.82 Å². The van der Waals surface area contributed by atoms with Crippen LogP contribution in [0.2, 0.25) is 0 Å². The number of H-pyrrole nitrogens is 1. The second kappa shape index (κ2) is 5.68. The number of aromatic amines is 1. The van der Waals surface area contributed by atoms with Crippen molar-refractivity contribution < 1.29 is 4.79 Å². The Balaban J connectivity index is 1.51. The SMILES string of the molecule is O=C(NC1CC1)C1CCCN(c2[nH]ccc3nnc4nccc4c23)C1. The van der Waals surface area contributed by atoms with E-state index in [2.05, 4.69) is 30.4 Å². The molecule has 128 valence electrons. The molecule has 1 unspecified atom stereocenters. The summed E-state index contributed by atoms with van der Waals surface area (Å²) in [6, 6.07) is 4.32. The first kappa shape index (κ1) is 14.6. The molecule has 3 aromatic rings. The van der Waals surface area contributed by atoms with Gasteiger partial charge in [0.2, 0.25) is 5.91 Å². The van der Waals surface area contributed by atoms with Gasteiger partial charge >= 0.3 is 0 Å². The summed E-state index contributed by atoms with van der Waals surface area (Å²) in [7, 11) is 0. The van der Waals surface area contributed by atoms with Gasteiger partial charge in [-0.05, 0) is 37.8 Å². The van der Waals surface area contributed by atoms with Crippen molar-refractivity contribution >= 4 is 33.7 Å². The fraction of sp³-hybridized carbons (Fsp3) is 0.444. The summed E-state index contributed by atoms with van der Waals surface area (Å²) >= 11 is 0. The van der Waals surface area contributed by atoms with E-state index >= 15 is 0 Å². The number of rotatable bonds is 3. The van der Waals surface area contributed by atoms with E-state index in [1.165, 1.54) is 0 Å². The number of pyridine rings is 1. The molecular formula is C18H20N6O. The number of amides is 1. The topological polar surface area (TPSA) is 86.8 Å². The van der Waals surface area contributed by atoms with Crippen molar-refractivity contribution in [3.05, 3.63) is 24.5 Å². The Labute approximate surface area is 144 Å². The number of carbonyl (C=O) groups excluding carboxylic acids is 1. The molecule has 1 aliphatic carbocycles. The van der Waals surface area contributed by atoms with Crippen LogP contribution in [0.3, 0.4) is 0 Å². The Morgan fingerprint density at radius 3 is 3.04 bits per heavy atom. The molecular weight excluding hydrogens is 316 g/mol. The minimum atomic E-state index is 0.0427. The molecule has 1 saturated heterocycles. The molecule has 4 heterocycles. The van der Waals surface area contributed by atoms with Gasteiger partial charge in [-0.2, -0.15) is 0 Å². The Morgan fingerprint density at radius 1 is 1.24 bits per heavy atom. The lowest BCUT2D eigenvalue weighted by molar-refractivity contribution is -0.125. The van der Waals surface area contributed by atoms with E-state index in [1.54, 1.807) is 6.20 Å². The van der Waals surface area contributed by atoms with Crippen molar-refractivity contribution in [1.82, 2.24) is 25.5 Å². The second-order valence-corrected chi connectivity index (χ2v) is 7.04. The third-order valence-corrected chi connectivity index (χ3v) is 5.19. The molecule has 7 nitrogen and oxygen atoms in total. The van der Waals surface area contributed by atoms with Crippen molar-refractivity contribution in [3.63, 3.8) is 0 Å². The fourth-order valence-corrected chi connectivity index (χ4v) is 3.72. The van der Waals surface area contributed by atoms with Crippen molar-refractivity contribution in [3.8, 4) is 0 Å². The van der Waals surface area contributed by atoms with E-state index in [1.807, 2.05) is 18.3 Å². The summed E-state index contributed by atoms with van der Waals surface area (Å²) in [6.45, 7) is 1.66. The molecule has 0 bridgehead atoms. The number of nitrogens with zero attached hydrogens (tertiary/aromatic N) is 4. The molecule has 25 heavy (non-hydrogen) atoms. The summed E-state index contributed by atoms with van der Waals surface area (Å²) in [5, 5.41) is 13.7. The Hall–Kier alpha value is -2.70. The van der Waals surface area contributed by atoms with E-state index in [4.69, 9.17) is 0 Å². The predicted octanol–water partition coefficient (Wildman–Crippen LogP) is 2.00. The van der Waals surface area contributed by atoms with Gasteiger partial charge in [-0.1, -0.05) is 0 Å². The van der Waals surface area contributed by atoms with Gasteiger partial charge in [0.15, 0.2) is 5.65 Å². The number of carbonyl (C=O) groups is 1. The molecule has 3 aromatic heterocycles. The predicted molar refractivity (Wildman–Crippen MR) is 95.3 cm³/mol. The summed E-state index contributed by atoms with van der Waals surface area (Å²) in [4.78, 5) is 22.4. The van der Waals surface area contributed by atoms with Gasteiger partial charge in [0, 0.05) is 36.9 Å². The lowest BCUT2D eigenvalue weighted by Crippen LogP contribution is -2.44. The van der Waals surface area contributed by atoms with E-state index in [0.717, 1.165) is 60.9 Å². The summed E-state index contributed by atoms with van der Waals surface area (Å²) in [5.74, 6) is 1.25. The molecule has 5 rings (SSSR count). The van der Waals surface area contributed by atoms with Crippen LogP contribution in [-0.2, 0) is 4.79 Å². The van der Waals surface area contributed by atoms with Crippen molar-refractivity contribution in [2.75, 3.05) is 18.0 Å².